The molecule has 3 rings (SSSR count). The van der Waals surface area contributed by atoms with Gasteiger partial charge in [0.1, 0.15) is 5.82 Å². The van der Waals surface area contributed by atoms with E-state index in [-0.39, 0.29) is 11.7 Å². The summed E-state index contributed by atoms with van der Waals surface area (Å²) < 4.78 is 15.7. The molecule has 1 aliphatic rings. The third-order valence-electron chi connectivity index (χ3n) is 3.90. The summed E-state index contributed by atoms with van der Waals surface area (Å²) in [7, 11) is 0. The van der Waals surface area contributed by atoms with Gasteiger partial charge < -0.3 is 14.6 Å². The van der Waals surface area contributed by atoms with Crippen molar-refractivity contribution in [3.05, 3.63) is 53.1 Å². The second-order valence-corrected chi connectivity index (χ2v) is 5.44. The summed E-state index contributed by atoms with van der Waals surface area (Å²) in [5.74, 6) is -0.436. The summed E-state index contributed by atoms with van der Waals surface area (Å²) in [6, 6.07) is 8.28. The molecule has 0 radical (unpaired) electrons. The van der Waals surface area contributed by atoms with Crippen molar-refractivity contribution >= 4 is 5.91 Å². The Labute approximate surface area is 122 Å². The van der Waals surface area contributed by atoms with Crippen LogP contribution in [-0.2, 0) is 0 Å². The second kappa shape index (κ2) is 5.00. The van der Waals surface area contributed by atoms with E-state index in [1.54, 1.807) is 33.7 Å². The highest BCUT2D eigenvalue weighted by atomic mass is 19.1. The fraction of sp³-hybridized carbons (Fsp3) is 0.312. The van der Waals surface area contributed by atoms with Gasteiger partial charge in [0.15, 0.2) is 0 Å². The lowest BCUT2D eigenvalue weighted by Gasteiger charge is -2.35. The van der Waals surface area contributed by atoms with E-state index in [1.807, 2.05) is 13.8 Å². The number of aromatic nitrogens is 1. The van der Waals surface area contributed by atoms with Crippen LogP contribution in [0.5, 0.6) is 0 Å². The third kappa shape index (κ3) is 2.23. The molecular formula is C16H17FN2O2. The number of amides is 1. The molecule has 1 fully saturated rings. The van der Waals surface area contributed by atoms with Crippen molar-refractivity contribution in [2.75, 3.05) is 13.1 Å². The van der Waals surface area contributed by atoms with Crippen LogP contribution in [-0.4, -0.2) is 39.7 Å². The van der Waals surface area contributed by atoms with Gasteiger partial charge in [-0.1, -0.05) is 12.1 Å². The first-order valence-electron chi connectivity index (χ1n) is 6.90. The smallest absolute Gasteiger partial charge is 0.255 e. The summed E-state index contributed by atoms with van der Waals surface area (Å²) in [6.07, 6.45) is -0.427. The zero-order valence-corrected chi connectivity index (χ0v) is 12.0. The number of para-hydroxylation sites is 1. The number of hydrogen-bond acceptors (Lipinski definition) is 2. The zero-order chi connectivity index (χ0) is 15.1. The average molecular weight is 288 g/mol. The molecule has 0 saturated carbocycles. The van der Waals surface area contributed by atoms with Crippen molar-refractivity contribution < 1.29 is 14.3 Å². The zero-order valence-electron chi connectivity index (χ0n) is 12.0. The lowest BCUT2D eigenvalue weighted by molar-refractivity contribution is 0.00584. The lowest BCUT2D eigenvalue weighted by atomic mass is 10.1. The van der Waals surface area contributed by atoms with Crippen LogP contribution in [0.4, 0.5) is 4.39 Å². The van der Waals surface area contributed by atoms with Crippen LogP contribution in [0.1, 0.15) is 21.7 Å². The maximum atomic E-state index is 14.0. The summed E-state index contributed by atoms with van der Waals surface area (Å²) in [5.41, 5.74) is 2.52. The Morgan fingerprint density at radius 2 is 1.95 bits per heavy atom. The van der Waals surface area contributed by atoms with Gasteiger partial charge in [0.05, 0.1) is 17.4 Å². The molecule has 0 unspecified atom stereocenters. The van der Waals surface area contributed by atoms with Gasteiger partial charge in [-0.05, 0) is 32.0 Å². The minimum Gasteiger partial charge on any atom is -0.389 e. The Kier molecular flexibility index (Phi) is 3.29. The number of β-amino-alcohol motifs (C(OH)–C–C–N with tert-alkyl or cyclic N) is 1. The van der Waals surface area contributed by atoms with Crippen LogP contribution in [0.25, 0.3) is 5.69 Å². The minimum atomic E-state index is -0.427. The number of rotatable bonds is 2. The predicted octanol–water partition coefficient (Wildman–Crippen LogP) is 2.05. The fourth-order valence-corrected chi connectivity index (χ4v) is 2.77. The highest BCUT2D eigenvalue weighted by molar-refractivity contribution is 5.96. The van der Waals surface area contributed by atoms with Crippen LogP contribution in [0.2, 0.25) is 0 Å². The molecule has 1 amide bonds. The van der Waals surface area contributed by atoms with Gasteiger partial charge in [0, 0.05) is 24.5 Å². The van der Waals surface area contributed by atoms with Crippen LogP contribution in [0, 0.1) is 19.7 Å². The lowest BCUT2D eigenvalue weighted by Crippen LogP contribution is -2.53. The van der Waals surface area contributed by atoms with Gasteiger partial charge in [-0.25, -0.2) is 4.39 Å². The van der Waals surface area contributed by atoms with Gasteiger partial charge in [-0.15, -0.1) is 0 Å². The molecule has 110 valence electrons. The van der Waals surface area contributed by atoms with Crippen molar-refractivity contribution in [2.24, 2.45) is 0 Å². The van der Waals surface area contributed by atoms with Gasteiger partial charge in [-0.2, -0.15) is 0 Å². The Morgan fingerprint density at radius 1 is 1.29 bits per heavy atom. The van der Waals surface area contributed by atoms with Gasteiger partial charge in [-0.3, -0.25) is 4.79 Å². The molecule has 5 heteroatoms. The fourth-order valence-electron chi connectivity index (χ4n) is 2.77. The average Bonchev–Trinajstić information content (AvgIpc) is 2.71. The SMILES string of the molecule is Cc1cc(C(=O)N2CC(O)C2)c(C)n1-c1ccccc1F. The van der Waals surface area contributed by atoms with Crippen LogP contribution < -0.4 is 0 Å². The highest BCUT2D eigenvalue weighted by Crippen LogP contribution is 2.25. The number of aliphatic hydroxyl groups is 1. The van der Waals surface area contributed by atoms with Gasteiger partial charge in [0.25, 0.3) is 5.91 Å². The van der Waals surface area contributed by atoms with Gasteiger partial charge in [0.2, 0.25) is 0 Å². The maximum Gasteiger partial charge on any atom is 0.255 e. The molecule has 1 aromatic heterocycles. The molecule has 21 heavy (non-hydrogen) atoms. The molecule has 1 aliphatic heterocycles. The molecule has 0 spiro atoms. The number of halogens is 1. The number of carbonyl (C=O) groups is 1. The van der Waals surface area contributed by atoms with Gasteiger partial charge >= 0.3 is 0 Å². The van der Waals surface area contributed by atoms with E-state index in [0.29, 0.717) is 30.0 Å². The Balaban J connectivity index is 2.01. The largest absolute Gasteiger partial charge is 0.389 e. The number of likely N-dealkylation sites (tertiary alicyclic amines) is 1. The van der Waals surface area contributed by atoms with Crippen molar-refractivity contribution in [3.8, 4) is 5.69 Å². The first-order chi connectivity index (χ1) is 9.99. The van der Waals surface area contributed by atoms with E-state index >= 15 is 0 Å². The second-order valence-electron chi connectivity index (χ2n) is 5.44. The number of nitrogens with zero attached hydrogens (tertiary/aromatic N) is 2. The number of carbonyl (C=O) groups excluding carboxylic acids is 1. The molecular weight excluding hydrogens is 271 g/mol. The molecule has 2 heterocycles. The van der Waals surface area contributed by atoms with Crippen LogP contribution >= 0.6 is 0 Å². The number of aliphatic hydroxyl groups excluding tert-OH is 1. The van der Waals surface area contributed by atoms with E-state index < -0.39 is 6.10 Å². The van der Waals surface area contributed by atoms with E-state index in [2.05, 4.69) is 0 Å². The molecule has 1 saturated heterocycles. The Bertz CT molecular complexity index is 702. The van der Waals surface area contributed by atoms with E-state index in [9.17, 15) is 14.3 Å². The topological polar surface area (TPSA) is 45.5 Å². The van der Waals surface area contributed by atoms with Crippen molar-refractivity contribution in [3.63, 3.8) is 0 Å². The quantitative estimate of drug-likeness (QED) is 0.919. The van der Waals surface area contributed by atoms with Crippen molar-refractivity contribution in [1.29, 1.82) is 0 Å². The minimum absolute atomic E-state index is 0.115. The molecule has 1 N–H and O–H groups in total. The summed E-state index contributed by atoms with van der Waals surface area (Å²) in [5, 5.41) is 9.31. The standard InChI is InChI=1S/C16H17FN2O2/c1-10-7-13(16(21)18-8-12(20)9-18)11(2)19(10)15-6-4-3-5-14(15)17/h3-7,12,20H,8-9H2,1-2H3. The molecule has 2 aromatic rings. The highest BCUT2D eigenvalue weighted by Gasteiger charge is 2.31. The predicted molar refractivity (Wildman–Crippen MR) is 77.1 cm³/mol. The van der Waals surface area contributed by atoms with E-state index in [0.717, 1.165) is 5.69 Å². The number of benzene rings is 1. The van der Waals surface area contributed by atoms with E-state index in [1.165, 1.54) is 6.07 Å². The first kappa shape index (κ1) is 13.8. The molecule has 1 aromatic carbocycles. The summed E-state index contributed by atoms with van der Waals surface area (Å²) in [4.78, 5) is 14.0. The number of hydrogen-bond donors (Lipinski definition) is 1. The molecule has 0 aliphatic carbocycles. The Morgan fingerprint density at radius 3 is 2.57 bits per heavy atom. The maximum absolute atomic E-state index is 14.0. The normalized spacial score (nSPS) is 15.1. The van der Waals surface area contributed by atoms with Crippen molar-refractivity contribution in [1.82, 2.24) is 9.47 Å². The number of aryl methyl sites for hydroxylation is 1. The molecule has 4 nitrogen and oxygen atoms in total. The monoisotopic (exact) mass is 288 g/mol. The Hall–Kier alpha value is -2.14. The molecule has 0 atom stereocenters. The first-order valence-corrected chi connectivity index (χ1v) is 6.90. The van der Waals surface area contributed by atoms with Crippen LogP contribution in [0.15, 0.2) is 30.3 Å². The van der Waals surface area contributed by atoms with Crippen LogP contribution in [0.3, 0.4) is 0 Å². The third-order valence-corrected chi connectivity index (χ3v) is 3.90. The summed E-state index contributed by atoms with van der Waals surface area (Å²) >= 11 is 0. The van der Waals surface area contributed by atoms with E-state index in [4.69, 9.17) is 0 Å². The van der Waals surface area contributed by atoms with Crippen molar-refractivity contribution in [2.45, 2.75) is 20.0 Å². The molecule has 0 bridgehead atoms. The summed E-state index contributed by atoms with van der Waals surface area (Å²) in [6.45, 7) is 4.38.